The van der Waals surface area contributed by atoms with Crippen molar-refractivity contribution in [2.24, 2.45) is 0 Å². The van der Waals surface area contributed by atoms with Gasteiger partial charge in [-0.2, -0.15) is 13.2 Å². The molecule has 2 atom stereocenters. The summed E-state index contributed by atoms with van der Waals surface area (Å²) in [6.07, 6.45) is -2.44. The van der Waals surface area contributed by atoms with E-state index in [4.69, 9.17) is 9.47 Å². The number of esters is 1. The monoisotopic (exact) mass is 642 g/mol. The molecule has 1 aliphatic heterocycles. The minimum absolute atomic E-state index is 0.0404. The van der Waals surface area contributed by atoms with Crippen molar-refractivity contribution < 1.29 is 44.3 Å². The van der Waals surface area contributed by atoms with Gasteiger partial charge >= 0.3 is 12.1 Å². The van der Waals surface area contributed by atoms with Crippen LogP contribution in [-0.4, -0.2) is 59.8 Å². The van der Waals surface area contributed by atoms with Gasteiger partial charge in [-0.3, -0.25) is 4.79 Å². The lowest BCUT2D eigenvalue weighted by Crippen LogP contribution is -2.30. The zero-order valence-electron chi connectivity index (χ0n) is 23.4. The van der Waals surface area contributed by atoms with E-state index >= 15 is 0 Å². The number of alkyl halides is 3. The minimum atomic E-state index is -4.61. The average molecular weight is 643 g/mol. The number of H-pyrrole nitrogens is 1. The second-order valence-corrected chi connectivity index (χ2v) is 13.6. The highest BCUT2D eigenvalue weighted by Gasteiger charge is 2.39. The zero-order chi connectivity index (χ0) is 31.8. The summed E-state index contributed by atoms with van der Waals surface area (Å²) in [4.78, 5) is 14.9. The van der Waals surface area contributed by atoms with Crippen LogP contribution in [0, 0.1) is 0 Å². The lowest BCUT2D eigenvalue weighted by Gasteiger charge is -2.22. The van der Waals surface area contributed by atoms with Gasteiger partial charge in [-0.05, 0) is 42.0 Å². The molecule has 0 bridgehead atoms. The van der Waals surface area contributed by atoms with Crippen molar-refractivity contribution >= 4 is 36.5 Å². The number of carbonyl (C=O) groups is 1. The van der Waals surface area contributed by atoms with Crippen LogP contribution < -0.4 is 5.32 Å². The van der Waals surface area contributed by atoms with E-state index in [2.05, 4.69) is 23.5 Å². The fraction of sp³-hybridized carbons (Fsp3) is 0.345. The van der Waals surface area contributed by atoms with Crippen molar-refractivity contribution in [1.29, 1.82) is 0 Å². The predicted molar refractivity (Wildman–Crippen MR) is 157 cm³/mol. The third-order valence-electron chi connectivity index (χ3n) is 6.37. The van der Waals surface area contributed by atoms with Gasteiger partial charge < -0.3 is 19.8 Å². The van der Waals surface area contributed by atoms with Gasteiger partial charge in [0.05, 0.1) is 35.1 Å². The molecule has 1 fully saturated rings. The van der Waals surface area contributed by atoms with Crippen LogP contribution in [0.25, 0.3) is 10.9 Å². The first-order chi connectivity index (χ1) is 20.2. The number of morpholine rings is 1. The molecule has 4 rings (SSSR count). The first-order valence-electron chi connectivity index (χ1n) is 13.2. The lowest BCUT2D eigenvalue weighted by molar-refractivity contribution is -0.145. The number of sulfone groups is 2. The summed E-state index contributed by atoms with van der Waals surface area (Å²) >= 11 is 0. The number of aromatic nitrogens is 1. The Bertz CT molecular complexity index is 1630. The maximum Gasteiger partial charge on any atom is 0.416 e. The second-order valence-electron chi connectivity index (χ2n) is 9.45. The molecule has 0 spiro atoms. The van der Waals surface area contributed by atoms with Gasteiger partial charge in [0.2, 0.25) is 15.3 Å². The lowest BCUT2D eigenvalue weighted by atomic mass is 10.1. The molecule has 0 aliphatic carbocycles. The molecule has 14 heteroatoms. The summed E-state index contributed by atoms with van der Waals surface area (Å²) in [5, 5.41) is 1.80. The average Bonchev–Trinajstić information content (AvgIpc) is 3.40. The van der Waals surface area contributed by atoms with Crippen molar-refractivity contribution in [1.82, 2.24) is 10.3 Å². The van der Waals surface area contributed by atoms with E-state index in [1.54, 1.807) is 0 Å². The molecular formula is C29H33F3N2O7S2. The van der Waals surface area contributed by atoms with Crippen molar-refractivity contribution in [3.63, 3.8) is 0 Å². The van der Waals surface area contributed by atoms with Gasteiger partial charge in [-0.1, -0.05) is 31.2 Å². The Morgan fingerprint density at radius 2 is 1.70 bits per heavy atom. The van der Waals surface area contributed by atoms with Gasteiger partial charge in [0.25, 0.3) is 0 Å². The van der Waals surface area contributed by atoms with Crippen molar-refractivity contribution in [3.05, 3.63) is 90.7 Å². The predicted octanol–water partition coefficient (Wildman–Crippen LogP) is 5.05. The Balaban J connectivity index is 0.000000749. The van der Waals surface area contributed by atoms with E-state index in [-0.39, 0.29) is 39.2 Å². The third-order valence-corrected chi connectivity index (χ3v) is 10.2. The maximum atomic E-state index is 13.7. The van der Waals surface area contributed by atoms with Crippen molar-refractivity contribution in [2.45, 2.75) is 35.1 Å². The molecule has 234 valence electrons. The number of fused-ring (bicyclic) bond motifs is 1. The van der Waals surface area contributed by atoms with Gasteiger partial charge in [0.1, 0.15) is 5.25 Å². The Hall–Kier alpha value is -3.46. The van der Waals surface area contributed by atoms with E-state index in [1.165, 1.54) is 43.3 Å². The van der Waals surface area contributed by atoms with E-state index in [1.807, 2.05) is 0 Å². The van der Waals surface area contributed by atoms with Gasteiger partial charge in [0, 0.05) is 30.4 Å². The van der Waals surface area contributed by atoms with Gasteiger partial charge in [0.15, 0.2) is 9.84 Å². The summed E-state index contributed by atoms with van der Waals surface area (Å²) in [5.74, 6) is -1.15. The highest BCUT2D eigenvalue weighted by atomic mass is 32.2. The topological polar surface area (TPSA) is 132 Å². The first kappa shape index (κ1) is 34.0. The summed E-state index contributed by atoms with van der Waals surface area (Å²) < 4.78 is 102. The maximum absolute atomic E-state index is 13.7. The van der Waals surface area contributed by atoms with Crippen LogP contribution in [0.2, 0.25) is 0 Å². The molecule has 1 saturated heterocycles. The molecule has 3 aromatic rings. The fourth-order valence-electron chi connectivity index (χ4n) is 4.19. The highest BCUT2D eigenvalue weighted by Crippen LogP contribution is 2.38. The summed E-state index contributed by atoms with van der Waals surface area (Å²) in [6.45, 7) is 12.3. The Morgan fingerprint density at radius 1 is 1.05 bits per heavy atom. The molecule has 2 aromatic carbocycles. The third kappa shape index (κ3) is 8.56. The molecule has 2 unspecified atom stereocenters. The number of benzene rings is 2. The van der Waals surface area contributed by atoms with Crippen LogP contribution in [-0.2, 0) is 40.1 Å². The number of carbonyl (C=O) groups excluding carboxylic acids is 1. The molecule has 0 amide bonds. The van der Waals surface area contributed by atoms with Crippen molar-refractivity contribution in [3.8, 4) is 0 Å². The number of hydrogen-bond acceptors (Lipinski definition) is 8. The Morgan fingerprint density at radius 3 is 2.19 bits per heavy atom. The Labute approximate surface area is 248 Å². The van der Waals surface area contributed by atoms with Crippen LogP contribution in [0.15, 0.2) is 78.7 Å². The van der Waals surface area contributed by atoms with Crippen LogP contribution in [0.4, 0.5) is 13.2 Å². The number of aromatic amines is 1. The number of hydrogen-bond donors (Lipinski definition) is 2. The molecule has 2 heterocycles. The number of rotatable bonds is 10. The smallest absolute Gasteiger partial charge is 0.416 e. The number of ether oxygens (including phenoxy) is 2. The number of nitrogens with one attached hydrogen (secondary N) is 2. The van der Waals surface area contributed by atoms with Crippen molar-refractivity contribution in [2.75, 3.05) is 32.1 Å². The van der Waals surface area contributed by atoms with Crippen LogP contribution in [0.3, 0.4) is 0 Å². The molecule has 1 aliphatic rings. The van der Waals surface area contributed by atoms with E-state index in [9.17, 15) is 34.8 Å². The molecule has 0 radical (unpaired) electrons. The van der Waals surface area contributed by atoms with Crippen LogP contribution in [0.5, 0.6) is 0 Å². The van der Waals surface area contributed by atoms with E-state index < -0.39 is 48.1 Å². The standard InChI is InChI=1S/C25H24F3NO6S2.C4H9NO/c1-4-13-36(31,32)19-10-7-16(8-11-19)22(5-2)37(33,34)24(35-23(30)6-3)21-15-17-14-18(25(26,27)28)9-12-20(17)29-21;1-3-6-4-2-5-1/h4-5,7-12,14-15,22,24,29H,1-2,6,13H2,3H3;5H,1-4H2. The normalized spacial score (nSPS) is 15.5. The van der Waals surface area contributed by atoms with E-state index in [0.29, 0.717) is 0 Å². The largest absolute Gasteiger partial charge is 0.439 e. The second kappa shape index (κ2) is 14.3. The molecule has 2 N–H and O–H groups in total. The van der Waals surface area contributed by atoms with Crippen LogP contribution >= 0.6 is 0 Å². The van der Waals surface area contributed by atoms with Gasteiger partial charge in [-0.25, -0.2) is 16.8 Å². The summed E-state index contributed by atoms with van der Waals surface area (Å²) in [7, 11) is -8.10. The molecular weight excluding hydrogens is 609 g/mol. The van der Waals surface area contributed by atoms with Crippen LogP contribution in [0.1, 0.15) is 40.9 Å². The zero-order valence-corrected chi connectivity index (χ0v) is 25.0. The summed E-state index contributed by atoms with van der Waals surface area (Å²) in [5.41, 5.74) is -2.60. The molecule has 43 heavy (non-hydrogen) atoms. The fourth-order valence-corrected chi connectivity index (χ4v) is 7.04. The SMILES string of the molecule is C1COCCN1.C=CCS(=O)(=O)c1ccc(C(C=C)S(=O)(=O)C(OC(=O)CC)c2cc3cc(C(F)(F)F)ccc3[nH]2)cc1. The van der Waals surface area contributed by atoms with E-state index in [0.717, 1.165) is 50.6 Å². The summed E-state index contributed by atoms with van der Waals surface area (Å²) in [6, 6.07) is 9.14. The quantitative estimate of drug-likeness (QED) is 0.232. The van der Waals surface area contributed by atoms with Gasteiger partial charge in [-0.15, -0.1) is 13.2 Å². The first-order valence-corrected chi connectivity index (χ1v) is 16.5. The number of halogens is 3. The molecule has 0 saturated carbocycles. The molecule has 1 aromatic heterocycles. The Kier molecular flexibility index (Phi) is 11.4. The minimum Gasteiger partial charge on any atom is -0.439 e. The highest BCUT2D eigenvalue weighted by molar-refractivity contribution is 7.92. The molecule has 9 nitrogen and oxygen atoms in total.